The van der Waals surface area contributed by atoms with Gasteiger partial charge in [-0.1, -0.05) is 23.7 Å². The second kappa shape index (κ2) is 6.98. The normalized spacial score (nSPS) is 11.2. The fourth-order valence-corrected chi connectivity index (χ4v) is 3.67. The number of hydrogen-bond donors (Lipinski definition) is 0. The van der Waals surface area contributed by atoms with Gasteiger partial charge >= 0.3 is 5.97 Å². The smallest absolute Gasteiger partial charge is 0.348 e. The van der Waals surface area contributed by atoms with Gasteiger partial charge in [0, 0.05) is 5.02 Å². The van der Waals surface area contributed by atoms with Crippen LogP contribution >= 0.6 is 22.9 Å². The Morgan fingerprint density at radius 2 is 2.00 bits per heavy atom. The van der Waals surface area contributed by atoms with Crippen molar-refractivity contribution in [2.75, 3.05) is 0 Å². The lowest BCUT2D eigenvalue weighted by Gasteiger charge is -2.07. The third-order valence-corrected chi connectivity index (χ3v) is 5.14. The van der Waals surface area contributed by atoms with Crippen LogP contribution in [0, 0.1) is 6.92 Å². The number of nitrogens with zero attached hydrogens (tertiary/aromatic N) is 2. The molecule has 1 aromatic carbocycles. The number of benzene rings is 1. The topological polar surface area (TPSA) is 61.2 Å². The van der Waals surface area contributed by atoms with Crippen molar-refractivity contribution >= 4 is 39.1 Å². The lowest BCUT2D eigenvalue weighted by atomic mass is 10.2. The van der Waals surface area contributed by atoms with Crippen LogP contribution < -0.4 is 5.56 Å². The minimum absolute atomic E-state index is 0.169. The molecule has 0 aliphatic carbocycles. The molecule has 130 valence electrons. The first-order valence-corrected chi connectivity index (χ1v) is 9.00. The van der Waals surface area contributed by atoms with Crippen LogP contribution in [0.1, 0.15) is 34.6 Å². The van der Waals surface area contributed by atoms with Crippen LogP contribution in [0.2, 0.25) is 5.02 Å². The molecule has 2 heterocycles. The van der Waals surface area contributed by atoms with E-state index in [2.05, 4.69) is 4.98 Å². The van der Waals surface area contributed by atoms with E-state index in [4.69, 9.17) is 16.3 Å². The number of fused-ring (bicyclic) bond motifs is 1. The molecule has 7 heteroatoms. The quantitative estimate of drug-likeness (QED) is 0.645. The molecular weight excluding hydrogens is 360 g/mol. The van der Waals surface area contributed by atoms with Gasteiger partial charge in [-0.2, -0.15) is 0 Å². The molecule has 0 fully saturated rings. The monoisotopic (exact) mass is 376 g/mol. The maximum Gasteiger partial charge on any atom is 0.348 e. The minimum atomic E-state index is -0.417. The summed E-state index contributed by atoms with van der Waals surface area (Å²) >= 11 is 7.08. The molecule has 5 nitrogen and oxygen atoms in total. The number of aromatic nitrogens is 2. The molecule has 0 aliphatic rings. The number of hydrogen-bond acceptors (Lipinski definition) is 5. The van der Waals surface area contributed by atoms with E-state index in [1.807, 2.05) is 12.1 Å². The van der Waals surface area contributed by atoms with Gasteiger partial charge in [-0.05, 0) is 44.0 Å². The maximum atomic E-state index is 12.8. The number of halogens is 1. The summed E-state index contributed by atoms with van der Waals surface area (Å²) < 4.78 is 6.78. The van der Waals surface area contributed by atoms with Gasteiger partial charge in [-0.25, -0.2) is 9.78 Å². The Bertz CT molecular complexity index is 990. The van der Waals surface area contributed by atoms with Gasteiger partial charge in [0.2, 0.25) is 0 Å². The minimum Gasteiger partial charge on any atom is -0.459 e. The largest absolute Gasteiger partial charge is 0.459 e. The standard InChI is InChI=1S/C18H17ClN2O3S/c1-10(2)24-18(23)15-11(3)14-16(25-15)20-9-21(17(14)22)8-12-4-6-13(19)7-5-12/h4-7,9-10H,8H2,1-3H3. The second-order valence-electron chi connectivity index (χ2n) is 5.99. The van der Waals surface area contributed by atoms with Crippen molar-refractivity contribution in [1.29, 1.82) is 0 Å². The average Bonchev–Trinajstić information content (AvgIpc) is 2.89. The van der Waals surface area contributed by atoms with Gasteiger partial charge in [0.15, 0.2) is 0 Å². The number of carbonyl (C=O) groups excluding carboxylic acids is 1. The SMILES string of the molecule is Cc1c(C(=O)OC(C)C)sc2ncn(Cc3ccc(Cl)cc3)c(=O)c12. The number of esters is 1. The molecule has 0 saturated heterocycles. The van der Waals surface area contributed by atoms with Crippen molar-refractivity contribution < 1.29 is 9.53 Å². The molecule has 0 saturated carbocycles. The summed E-state index contributed by atoms with van der Waals surface area (Å²) in [4.78, 5) is 30.4. The van der Waals surface area contributed by atoms with Crippen molar-refractivity contribution in [1.82, 2.24) is 9.55 Å². The number of rotatable bonds is 4. The van der Waals surface area contributed by atoms with E-state index in [0.717, 1.165) is 5.56 Å². The lowest BCUT2D eigenvalue weighted by Crippen LogP contribution is -2.21. The Hall–Kier alpha value is -2.18. The highest BCUT2D eigenvalue weighted by Crippen LogP contribution is 2.27. The van der Waals surface area contributed by atoms with E-state index in [-0.39, 0.29) is 11.7 Å². The van der Waals surface area contributed by atoms with Crippen LogP contribution in [0.4, 0.5) is 0 Å². The first kappa shape index (κ1) is 17.6. The van der Waals surface area contributed by atoms with Gasteiger partial charge in [-0.15, -0.1) is 11.3 Å². The summed E-state index contributed by atoms with van der Waals surface area (Å²) in [7, 11) is 0. The zero-order valence-corrected chi connectivity index (χ0v) is 15.6. The molecule has 0 spiro atoms. The predicted molar refractivity (Wildman–Crippen MR) is 99.7 cm³/mol. The molecule has 0 N–H and O–H groups in total. The molecule has 3 rings (SSSR count). The van der Waals surface area contributed by atoms with E-state index < -0.39 is 5.97 Å². The van der Waals surface area contributed by atoms with Crippen LogP contribution in [0.15, 0.2) is 35.4 Å². The Morgan fingerprint density at radius 3 is 2.64 bits per heavy atom. The number of ether oxygens (including phenoxy) is 1. The van der Waals surface area contributed by atoms with Crippen LogP contribution in [-0.4, -0.2) is 21.6 Å². The summed E-state index contributed by atoms with van der Waals surface area (Å²) in [5, 5.41) is 1.11. The van der Waals surface area contributed by atoms with Crippen LogP contribution in [0.25, 0.3) is 10.2 Å². The highest BCUT2D eigenvalue weighted by atomic mass is 35.5. The molecule has 3 aromatic rings. The van der Waals surface area contributed by atoms with Gasteiger partial charge in [0.1, 0.15) is 9.71 Å². The predicted octanol–water partition coefficient (Wildman–Crippen LogP) is 4.03. The highest BCUT2D eigenvalue weighted by molar-refractivity contribution is 7.20. The Morgan fingerprint density at radius 1 is 1.32 bits per heavy atom. The molecular formula is C18H17ClN2O3S. The first-order chi connectivity index (χ1) is 11.9. The molecule has 0 atom stereocenters. The number of thiophene rings is 1. The highest BCUT2D eigenvalue weighted by Gasteiger charge is 2.21. The Kier molecular flexibility index (Phi) is 4.92. The van der Waals surface area contributed by atoms with E-state index in [1.54, 1.807) is 32.9 Å². The lowest BCUT2D eigenvalue weighted by molar-refractivity contribution is 0.0383. The summed E-state index contributed by atoms with van der Waals surface area (Å²) in [5.74, 6) is -0.417. The molecule has 0 aliphatic heterocycles. The van der Waals surface area contributed by atoms with Crippen molar-refractivity contribution in [2.24, 2.45) is 0 Å². The van der Waals surface area contributed by atoms with E-state index in [0.29, 0.717) is 32.2 Å². The molecule has 25 heavy (non-hydrogen) atoms. The molecule has 0 radical (unpaired) electrons. The second-order valence-corrected chi connectivity index (χ2v) is 7.43. The van der Waals surface area contributed by atoms with Gasteiger partial charge in [-0.3, -0.25) is 9.36 Å². The number of aryl methyl sites for hydroxylation is 1. The fourth-order valence-electron chi connectivity index (χ4n) is 2.52. The average molecular weight is 377 g/mol. The van der Waals surface area contributed by atoms with Crippen molar-refractivity contribution in [3.8, 4) is 0 Å². The Balaban J connectivity index is 2.02. The molecule has 0 bridgehead atoms. The van der Waals surface area contributed by atoms with Crippen LogP contribution in [0.3, 0.4) is 0 Å². The zero-order chi connectivity index (χ0) is 18.1. The maximum absolute atomic E-state index is 12.8. The van der Waals surface area contributed by atoms with Crippen molar-refractivity contribution in [3.05, 3.63) is 62.0 Å². The third-order valence-electron chi connectivity index (χ3n) is 3.71. The Labute approximate surface area is 153 Å². The summed E-state index contributed by atoms with van der Waals surface area (Å²) in [6.07, 6.45) is 1.29. The molecule has 2 aromatic heterocycles. The molecule has 0 amide bonds. The summed E-state index contributed by atoms with van der Waals surface area (Å²) in [6.45, 7) is 5.72. The van der Waals surface area contributed by atoms with E-state index in [9.17, 15) is 9.59 Å². The van der Waals surface area contributed by atoms with E-state index >= 15 is 0 Å². The van der Waals surface area contributed by atoms with Crippen molar-refractivity contribution in [2.45, 2.75) is 33.4 Å². The van der Waals surface area contributed by atoms with Crippen molar-refractivity contribution in [3.63, 3.8) is 0 Å². The van der Waals surface area contributed by atoms with E-state index in [1.165, 1.54) is 22.2 Å². The zero-order valence-electron chi connectivity index (χ0n) is 14.1. The fraction of sp³-hybridized carbons (Fsp3) is 0.278. The first-order valence-electron chi connectivity index (χ1n) is 7.80. The molecule has 0 unspecified atom stereocenters. The summed E-state index contributed by atoms with van der Waals surface area (Å²) in [6, 6.07) is 7.29. The van der Waals surface area contributed by atoms with Crippen LogP contribution in [-0.2, 0) is 11.3 Å². The summed E-state index contributed by atoms with van der Waals surface area (Å²) in [5.41, 5.74) is 1.39. The van der Waals surface area contributed by atoms with Gasteiger partial charge in [0.05, 0.1) is 24.4 Å². The van der Waals surface area contributed by atoms with Gasteiger partial charge in [0.25, 0.3) is 5.56 Å². The van der Waals surface area contributed by atoms with Gasteiger partial charge < -0.3 is 4.74 Å². The third kappa shape index (κ3) is 3.60. The van der Waals surface area contributed by atoms with Crippen LogP contribution in [0.5, 0.6) is 0 Å². The number of carbonyl (C=O) groups is 1.